The Morgan fingerprint density at radius 3 is 2.69 bits per heavy atom. The highest BCUT2D eigenvalue weighted by Gasteiger charge is 2.37. The molecule has 5 rings (SSSR count). The summed E-state index contributed by atoms with van der Waals surface area (Å²) in [4.78, 5) is 14.4. The number of nitrogens with one attached hydrogen (secondary N) is 2. The molecule has 0 fully saturated rings. The number of nitrogens with zero attached hydrogens (tertiary/aromatic N) is 2. The smallest absolute Gasteiger partial charge is 0.219 e. The van der Waals surface area contributed by atoms with Crippen molar-refractivity contribution < 1.29 is 9.42 Å². The minimum Gasteiger partial charge on any atom is -0.353 e. The number of allylic oxidation sites excluding steroid dienone is 1. The second kappa shape index (κ2) is 6.10. The van der Waals surface area contributed by atoms with Gasteiger partial charge in [0.1, 0.15) is 0 Å². The molecule has 0 bridgehead atoms. The Bertz CT molecular complexity index is 978. The van der Waals surface area contributed by atoms with Gasteiger partial charge in [0.05, 0.1) is 6.04 Å². The van der Waals surface area contributed by atoms with Gasteiger partial charge in [0, 0.05) is 28.5 Å². The number of carbonyl (C=O) groups excluding carboxylic acids is 1. The van der Waals surface area contributed by atoms with Crippen LogP contribution < -0.4 is 10.6 Å². The second-order valence-electron chi connectivity index (χ2n) is 6.51. The van der Waals surface area contributed by atoms with Crippen molar-refractivity contribution in [2.45, 2.75) is 24.8 Å². The van der Waals surface area contributed by atoms with E-state index in [9.17, 15) is 4.79 Å². The second-order valence-corrected chi connectivity index (χ2v) is 7.49. The van der Waals surface area contributed by atoms with Crippen LogP contribution in [0.1, 0.15) is 35.2 Å². The third kappa shape index (κ3) is 2.52. The average molecular weight is 364 g/mol. The first-order chi connectivity index (χ1) is 12.8. The number of Topliss-reactive ketones (excluding diaryl/α,β-unsaturated/α-hetero) is 1. The number of hydrogen-bond acceptors (Lipinski definition) is 7. The number of benzene rings is 1. The molecule has 3 aromatic rings. The van der Waals surface area contributed by atoms with Crippen LogP contribution in [0.2, 0.25) is 0 Å². The lowest BCUT2D eigenvalue weighted by Crippen LogP contribution is -2.26. The van der Waals surface area contributed by atoms with Gasteiger partial charge in [-0.1, -0.05) is 36.4 Å². The molecular formula is C19H16N4O2S. The summed E-state index contributed by atoms with van der Waals surface area (Å²) in [6.45, 7) is 0. The predicted molar refractivity (Wildman–Crippen MR) is 99.1 cm³/mol. The molecule has 0 saturated heterocycles. The molecule has 1 aromatic carbocycles. The molecule has 1 aliphatic carbocycles. The average Bonchev–Trinajstić information content (AvgIpc) is 3.31. The van der Waals surface area contributed by atoms with E-state index in [0.717, 1.165) is 23.3 Å². The molecule has 130 valence electrons. The lowest BCUT2D eigenvalue weighted by atomic mass is 9.81. The van der Waals surface area contributed by atoms with Crippen molar-refractivity contribution in [3.8, 4) is 0 Å². The Kier molecular flexibility index (Phi) is 3.60. The van der Waals surface area contributed by atoms with Gasteiger partial charge in [-0.05, 0) is 33.7 Å². The lowest BCUT2D eigenvalue weighted by Gasteiger charge is -2.29. The van der Waals surface area contributed by atoms with Crippen LogP contribution in [-0.4, -0.2) is 16.1 Å². The largest absolute Gasteiger partial charge is 0.353 e. The van der Waals surface area contributed by atoms with Gasteiger partial charge in [-0.3, -0.25) is 4.79 Å². The van der Waals surface area contributed by atoms with Gasteiger partial charge in [0.2, 0.25) is 11.6 Å². The van der Waals surface area contributed by atoms with E-state index in [1.165, 1.54) is 4.88 Å². The van der Waals surface area contributed by atoms with E-state index in [1.54, 1.807) is 11.3 Å². The summed E-state index contributed by atoms with van der Waals surface area (Å²) in [6, 6.07) is 13.8. The van der Waals surface area contributed by atoms with Crippen molar-refractivity contribution in [3.63, 3.8) is 0 Å². The molecule has 2 aliphatic rings. The van der Waals surface area contributed by atoms with E-state index in [2.05, 4.69) is 32.4 Å². The Hall–Kier alpha value is -2.93. The van der Waals surface area contributed by atoms with Gasteiger partial charge in [-0.2, -0.15) is 0 Å². The van der Waals surface area contributed by atoms with Crippen molar-refractivity contribution in [2.75, 3.05) is 10.6 Å². The van der Waals surface area contributed by atoms with Gasteiger partial charge >= 0.3 is 0 Å². The van der Waals surface area contributed by atoms with E-state index in [-0.39, 0.29) is 17.7 Å². The third-order valence-corrected chi connectivity index (χ3v) is 5.95. The van der Waals surface area contributed by atoms with Crippen LogP contribution >= 0.6 is 11.3 Å². The van der Waals surface area contributed by atoms with Crippen LogP contribution in [0.3, 0.4) is 0 Å². The molecule has 2 unspecified atom stereocenters. The summed E-state index contributed by atoms with van der Waals surface area (Å²) in [5, 5.41) is 16.6. The van der Waals surface area contributed by atoms with E-state index in [1.807, 2.05) is 36.4 Å². The van der Waals surface area contributed by atoms with E-state index < -0.39 is 0 Å². The van der Waals surface area contributed by atoms with Crippen molar-refractivity contribution in [3.05, 3.63) is 69.6 Å². The Balaban J connectivity index is 1.62. The molecule has 2 aromatic heterocycles. The maximum atomic E-state index is 13.1. The van der Waals surface area contributed by atoms with Crippen LogP contribution in [-0.2, 0) is 4.79 Å². The van der Waals surface area contributed by atoms with Gasteiger partial charge in [-0.25, -0.2) is 4.63 Å². The molecular weight excluding hydrogens is 348 g/mol. The number of ketones is 1. The van der Waals surface area contributed by atoms with Crippen molar-refractivity contribution in [1.82, 2.24) is 10.3 Å². The van der Waals surface area contributed by atoms with Crippen molar-refractivity contribution in [2.24, 2.45) is 0 Å². The summed E-state index contributed by atoms with van der Waals surface area (Å²) in [5.74, 6) is 1.39. The summed E-state index contributed by atoms with van der Waals surface area (Å²) >= 11 is 1.70. The highest BCUT2D eigenvalue weighted by atomic mass is 32.1. The fraction of sp³-hybridized carbons (Fsp3) is 0.211. The zero-order valence-electron chi connectivity index (χ0n) is 13.8. The van der Waals surface area contributed by atoms with Gasteiger partial charge in [0.15, 0.2) is 5.78 Å². The summed E-state index contributed by atoms with van der Waals surface area (Å²) in [7, 11) is 0. The fourth-order valence-electron chi connectivity index (χ4n) is 3.72. The van der Waals surface area contributed by atoms with Crippen LogP contribution in [0.5, 0.6) is 0 Å². The summed E-state index contributed by atoms with van der Waals surface area (Å²) in [5.41, 5.74) is 2.68. The number of fused-ring (bicyclic) bond motifs is 1. The maximum Gasteiger partial charge on any atom is 0.219 e. The zero-order chi connectivity index (χ0) is 17.5. The van der Waals surface area contributed by atoms with Crippen LogP contribution in [0.25, 0.3) is 0 Å². The van der Waals surface area contributed by atoms with Crippen LogP contribution in [0.4, 0.5) is 11.6 Å². The normalized spacial score (nSPS) is 22.1. The quantitative estimate of drug-likeness (QED) is 0.712. The number of anilines is 2. The van der Waals surface area contributed by atoms with E-state index >= 15 is 0 Å². The molecule has 7 heteroatoms. The minimum atomic E-state index is -0.274. The summed E-state index contributed by atoms with van der Waals surface area (Å²) < 4.78 is 4.88. The molecule has 0 saturated carbocycles. The number of aromatic nitrogens is 2. The molecule has 0 amide bonds. The Morgan fingerprint density at radius 1 is 1.04 bits per heavy atom. The molecule has 2 N–H and O–H groups in total. The zero-order valence-corrected chi connectivity index (χ0v) is 14.6. The van der Waals surface area contributed by atoms with Crippen molar-refractivity contribution in [1.29, 1.82) is 0 Å². The molecule has 6 nitrogen and oxygen atoms in total. The molecule has 26 heavy (non-hydrogen) atoms. The molecule has 3 heterocycles. The topological polar surface area (TPSA) is 80.1 Å². The molecule has 0 radical (unpaired) electrons. The number of thiophene rings is 1. The van der Waals surface area contributed by atoms with Crippen LogP contribution in [0.15, 0.2) is 63.7 Å². The van der Waals surface area contributed by atoms with E-state index in [4.69, 9.17) is 4.63 Å². The molecule has 1 aliphatic heterocycles. The summed E-state index contributed by atoms with van der Waals surface area (Å²) in [6.07, 6.45) is 1.28. The Labute approximate surface area is 153 Å². The molecule has 0 spiro atoms. The van der Waals surface area contributed by atoms with Crippen LogP contribution in [0, 0.1) is 0 Å². The standard InChI is InChI=1S/C19H16N4O2S/c24-14-10-12(15-7-4-8-26-15)9-13-16(14)17(11-5-2-1-3-6-11)21-19-18(20-13)22-25-23-19/h1-8,12,17H,9-10H2,(H,20,22)(H,21,23). The first-order valence-electron chi connectivity index (χ1n) is 8.50. The Morgan fingerprint density at radius 2 is 1.88 bits per heavy atom. The fourth-order valence-corrected chi connectivity index (χ4v) is 4.55. The monoisotopic (exact) mass is 364 g/mol. The van der Waals surface area contributed by atoms with Gasteiger partial charge in [0.25, 0.3) is 0 Å². The third-order valence-electron chi connectivity index (χ3n) is 4.91. The van der Waals surface area contributed by atoms with Gasteiger partial charge in [-0.15, -0.1) is 11.3 Å². The first kappa shape index (κ1) is 15.3. The molecule has 2 atom stereocenters. The number of rotatable bonds is 2. The lowest BCUT2D eigenvalue weighted by molar-refractivity contribution is -0.116. The highest BCUT2D eigenvalue weighted by Crippen LogP contribution is 2.43. The van der Waals surface area contributed by atoms with E-state index in [0.29, 0.717) is 18.1 Å². The maximum absolute atomic E-state index is 13.1. The number of hydrogen-bond donors (Lipinski definition) is 2. The SMILES string of the molecule is O=C1CC(c2cccs2)CC2=C1C(c1ccccc1)Nc1nonc1N2. The predicted octanol–water partition coefficient (Wildman–Crippen LogP) is 4.11. The number of carbonyl (C=O) groups is 1. The van der Waals surface area contributed by atoms with Crippen molar-refractivity contribution >= 4 is 28.8 Å². The highest BCUT2D eigenvalue weighted by molar-refractivity contribution is 7.10. The first-order valence-corrected chi connectivity index (χ1v) is 9.38. The van der Waals surface area contributed by atoms with Gasteiger partial charge < -0.3 is 10.6 Å². The minimum absolute atomic E-state index is 0.153.